The Kier molecular flexibility index (Phi) is 6.62. The molecule has 2 aromatic carbocycles. The van der Waals surface area contributed by atoms with Crippen molar-refractivity contribution in [1.82, 2.24) is 9.47 Å². The van der Waals surface area contributed by atoms with Gasteiger partial charge in [0.05, 0.1) is 6.10 Å². The van der Waals surface area contributed by atoms with Gasteiger partial charge in [0.1, 0.15) is 5.82 Å². The van der Waals surface area contributed by atoms with E-state index in [1.807, 2.05) is 0 Å². The van der Waals surface area contributed by atoms with Crippen molar-refractivity contribution in [2.75, 3.05) is 26.7 Å². The Morgan fingerprint density at radius 1 is 1.13 bits per heavy atom. The third kappa shape index (κ3) is 4.98. The molecule has 0 amide bonds. The molecule has 1 aliphatic rings. The Labute approximate surface area is 177 Å². The Balaban J connectivity index is 1.34. The summed E-state index contributed by atoms with van der Waals surface area (Å²) in [7, 11) is 1.78. The highest BCUT2D eigenvalue weighted by Crippen LogP contribution is 2.21. The second-order valence-electron chi connectivity index (χ2n) is 8.14. The molecule has 4 nitrogen and oxygen atoms in total. The normalized spacial score (nSPS) is 18.5. The number of nitrogens with zero attached hydrogens (tertiary/aromatic N) is 2. The first kappa shape index (κ1) is 20.8. The van der Waals surface area contributed by atoms with Crippen molar-refractivity contribution in [2.24, 2.45) is 5.73 Å². The lowest BCUT2D eigenvalue weighted by Gasteiger charge is -2.32. The molecule has 0 radical (unpaired) electrons. The maximum Gasteiger partial charge on any atom is 0.123 e. The molecule has 4 rings (SSSR count). The molecule has 2 N–H and O–H groups in total. The third-order valence-corrected chi connectivity index (χ3v) is 5.93. The second-order valence-corrected chi connectivity index (χ2v) is 8.14. The highest BCUT2D eigenvalue weighted by atomic mass is 19.1. The Bertz CT molecular complexity index is 995. The monoisotopic (exact) mass is 407 g/mol. The van der Waals surface area contributed by atoms with Crippen LogP contribution in [0.5, 0.6) is 0 Å². The van der Waals surface area contributed by atoms with Crippen molar-refractivity contribution in [1.29, 1.82) is 0 Å². The van der Waals surface area contributed by atoms with Crippen LogP contribution in [0.25, 0.3) is 10.9 Å². The van der Waals surface area contributed by atoms with Gasteiger partial charge in [-0.15, -0.1) is 0 Å². The number of hydrogen-bond donors (Lipinski definition) is 1. The first-order chi connectivity index (χ1) is 14.6. The van der Waals surface area contributed by atoms with E-state index in [0.717, 1.165) is 44.6 Å². The van der Waals surface area contributed by atoms with E-state index in [4.69, 9.17) is 10.5 Å². The predicted molar refractivity (Wildman–Crippen MR) is 120 cm³/mol. The molecule has 5 heteroatoms. The number of methoxy groups -OCH3 is 1. The van der Waals surface area contributed by atoms with Crippen molar-refractivity contribution in [3.8, 4) is 0 Å². The average molecular weight is 408 g/mol. The van der Waals surface area contributed by atoms with Crippen LogP contribution in [0.15, 0.2) is 72.4 Å². The van der Waals surface area contributed by atoms with Gasteiger partial charge in [0.15, 0.2) is 0 Å². The Morgan fingerprint density at radius 2 is 1.93 bits per heavy atom. The highest BCUT2D eigenvalue weighted by Gasteiger charge is 2.20. The summed E-state index contributed by atoms with van der Waals surface area (Å²) in [5.41, 5.74) is 9.93. The lowest BCUT2D eigenvalue weighted by atomic mass is 10.0. The molecule has 0 bridgehead atoms. The number of benzene rings is 2. The molecule has 2 atom stereocenters. The van der Waals surface area contributed by atoms with Crippen LogP contribution in [-0.4, -0.2) is 42.3 Å². The van der Waals surface area contributed by atoms with Gasteiger partial charge in [0, 0.05) is 44.5 Å². The third-order valence-electron chi connectivity index (χ3n) is 5.93. The van der Waals surface area contributed by atoms with E-state index < -0.39 is 0 Å². The highest BCUT2D eigenvalue weighted by molar-refractivity contribution is 5.80. The number of hydrogen-bond acceptors (Lipinski definition) is 3. The smallest absolute Gasteiger partial charge is 0.123 e. The largest absolute Gasteiger partial charge is 0.376 e. The predicted octanol–water partition coefficient (Wildman–Crippen LogP) is 4.52. The minimum atomic E-state index is -0.223. The molecule has 0 saturated carbocycles. The van der Waals surface area contributed by atoms with E-state index in [-0.39, 0.29) is 18.0 Å². The second kappa shape index (κ2) is 9.56. The van der Waals surface area contributed by atoms with Crippen molar-refractivity contribution < 1.29 is 9.13 Å². The fraction of sp³-hybridized carbons (Fsp3) is 0.360. The van der Waals surface area contributed by atoms with E-state index in [9.17, 15) is 4.39 Å². The molecule has 1 aliphatic heterocycles. The van der Waals surface area contributed by atoms with Crippen LogP contribution in [0.4, 0.5) is 4.39 Å². The van der Waals surface area contributed by atoms with Crippen LogP contribution < -0.4 is 5.73 Å². The summed E-state index contributed by atoms with van der Waals surface area (Å²) in [5, 5.41) is 1.27. The lowest BCUT2D eigenvalue weighted by Crippen LogP contribution is -2.39. The molecular weight excluding hydrogens is 377 g/mol. The van der Waals surface area contributed by atoms with Crippen LogP contribution in [0.1, 0.15) is 24.4 Å². The van der Waals surface area contributed by atoms with Gasteiger partial charge in [-0.25, -0.2) is 4.39 Å². The zero-order chi connectivity index (χ0) is 20.9. The van der Waals surface area contributed by atoms with Gasteiger partial charge in [-0.3, -0.25) is 4.90 Å². The van der Waals surface area contributed by atoms with Crippen LogP contribution in [0.3, 0.4) is 0 Å². The van der Waals surface area contributed by atoms with Crippen LogP contribution in [0, 0.1) is 5.82 Å². The van der Waals surface area contributed by atoms with Gasteiger partial charge >= 0.3 is 0 Å². The van der Waals surface area contributed by atoms with Crippen molar-refractivity contribution in [2.45, 2.75) is 31.5 Å². The summed E-state index contributed by atoms with van der Waals surface area (Å²) < 4.78 is 21.1. The van der Waals surface area contributed by atoms with E-state index in [2.05, 4.69) is 52.1 Å². The summed E-state index contributed by atoms with van der Waals surface area (Å²) in [4.78, 5) is 2.45. The number of halogens is 1. The van der Waals surface area contributed by atoms with Gasteiger partial charge in [0.2, 0.25) is 0 Å². The summed E-state index contributed by atoms with van der Waals surface area (Å²) in [6, 6.07) is 17.1. The van der Waals surface area contributed by atoms with Gasteiger partial charge in [0.25, 0.3) is 0 Å². The number of aromatic nitrogens is 1. The van der Waals surface area contributed by atoms with Crippen LogP contribution in [0.2, 0.25) is 0 Å². The molecule has 30 heavy (non-hydrogen) atoms. The van der Waals surface area contributed by atoms with Crippen molar-refractivity contribution in [3.05, 3.63) is 83.8 Å². The molecule has 0 aliphatic carbocycles. The number of fused-ring (bicyclic) bond motifs is 1. The molecule has 3 aromatic rings. The van der Waals surface area contributed by atoms with E-state index >= 15 is 0 Å². The number of para-hydroxylation sites is 1. The Morgan fingerprint density at radius 3 is 2.73 bits per heavy atom. The summed E-state index contributed by atoms with van der Waals surface area (Å²) in [6.45, 7) is 3.69. The first-order valence-electron chi connectivity index (χ1n) is 10.6. The molecule has 1 aromatic heterocycles. The minimum absolute atomic E-state index is 0.0603. The quantitative estimate of drug-likeness (QED) is 0.559. The standard InChI is InChI=1S/C25H30FN3O/c1-30-23-15-19(17-29-14-12-21-5-2-3-7-25(21)29)16-28(18-23)13-4-6-24(27)20-8-10-22(26)11-9-20/h2-3,5,7-12,14-15,23-24H,4,6,13,16-18,27H2,1H3. The fourth-order valence-corrected chi connectivity index (χ4v) is 4.30. The Hall–Kier alpha value is -2.47. The van der Waals surface area contributed by atoms with Crippen LogP contribution >= 0.6 is 0 Å². The fourth-order valence-electron chi connectivity index (χ4n) is 4.30. The SMILES string of the molecule is COC1C=C(Cn2ccc3ccccc32)CN(CCCC(N)c2ccc(F)cc2)C1. The van der Waals surface area contributed by atoms with E-state index in [0.29, 0.717) is 0 Å². The summed E-state index contributed by atoms with van der Waals surface area (Å²) in [5.74, 6) is -0.223. The molecule has 2 heterocycles. The van der Waals surface area contributed by atoms with Gasteiger partial charge in [-0.05, 0) is 60.2 Å². The van der Waals surface area contributed by atoms with Gasteiger partial charge < -0.3 is 15.0 Å². The summed E-state index contributed by atoms with van der Waals surface area (Å²) in [6.07, 6.45) is 6.42. The van der Waals surface area contributed by atoms with Gasteiger partial charge in [-0.1, -0.05) is 36.4 Å². The van der Waals surface area contributed by atoms with E-state index in [1.54, 1.807) is 19.2 Å². The van der Waals surface area contributed by atoms with Crippen molar-refractivity contribution >= 4 is 10.9 Å². The maximum atomic E-state index is 13.1. The maximum absolute atomic E-state index is 13.1. The topological polar surface area (TPSA) is 43.4 Å². The zero-order valence-corrected chi connectivity index (χ0v) is 17.5. The molecular formula is C25H30FN3O. The van der Waals surface area contributed by atoms with E-state index in [1.165, 1.54) is 28.6 Å². The number of ether oxygens (including phenoxy) is 1. The van der Waals surface area contributed by atoms with Gasteiger partial charge in [-0.2, -0.15) is 0 Å². The molecule has 0 saturated heterocycles. The molecule has 2 unspecified atom stereocenters. The molecule has 158 valence electrons. The first-order valence-corrected chi connectivity index (χ1v) is 10.6. The minimum Gasteiger partial charge on any atom is -0.376 e. The van der Waals surface area contributed by atoms with Crippen LogP contribution in [-0.2, 0) is 11.3 Å². The molecule has 0 fully saturated rings. The lowest BCUT2D eigenvalue weighted by molar-refractivity contribution is 0.0882. The summed E-state index contributed by atoms with van der Waals surface area (Å²) >= 11 is 0. The number of nitrogens with two attached hydrogens (primary N) is 1. The zero-order valence-electron chi connectivity index (χ0n) is 17.5. The average Bonchev–Trinajstić information content (AvgIpc) is 3.17. The molecule has 0 spiro atoms. The number of rotatable bonds is 8. The van der Waals surface area contributed by atoms with Crippen molar-refractivity contribution in [3.63, 3.8) is 0 Å².